The van der Waals surface area contributed by atoms with E-state index in [1.54, 1.807) is 13.1 Å². The lowest BCUT2D eigenvalue weighted by Gasteiger charge is -2.10. The van der Waals surface area contributed by atoms with E-state index in [2.05, 4.69) is 26.2 Å². The summed E-state index contributed by atoms with van der Waals surface area (Å²) < 4.78 is 9.00. The number of carbonyl (C=O) groups is 2. The van der Waals surface area contributed by atoms with Gasteiger partial charge in [0.15, 0.2) is 17.8 Å². The molecule has 0 aliphatic heterocycles. The van der Waals surface area contributed by atoms with Gasteiger partial charge in [-0.15, -0.1) is 0 Å². The Morgan fingerprint density at radius 3 is 2.66 bits per heavy atom. The number of rotatable bonds is 5. The van der Waals surface area contributed by atoms with Gasteiger partial charge in [0.25, 0.3) is 11.5 Å². The largest absolute Gasteiger partial charge is 0.454 e. The van der Waals surface area contributed by atoms with Crippen molar-refractivity contribution < 1.29 is 14.3 Å². The first-order valence-corrected chi connectivity index (χ1v) is 9.31. The maximum atomic E-state index is 12.6. The average molecular weight is 464 g/mol. The number of anilines is 1. The highest BCUT2D eigenvalue weighted by molar-refractivity contribution is 9.10. The van der Waals surface area contributed by atoms with E-state index < -0.39 is 36.3 Å². The molecule has 3 aromatic rings. The molecule has 0 atom stereocenters. The molecule has 3 rings (SSSR count). The van der Waals surface area contributed by atoms with Gasteiger partial charge in [0.1, 0.15) is 6.54 Å². The second-order valence-corrected chi connectivity index (χ2v) is 7.31. The van der Waals surface area contributed by atoms with Gasteiger partial charge in [-0.05, 0) is 40.5 Å². The van der Waals surface area contributed by atoms with Crippen molar-refractivity contribution in [3.63, 3.8) is 0 Å². The highest BCUT2D eigenvalue weighted by atomic mass is 79.9. The molecule has 29 heavy (non-hydrogen) atoms. The number of imidazole rings is 1. The predicted molar refractivity (Wildman–Crippen MR) is 109 cm³/mol. The zero-order valence-electron chi connectivity index (χ0n) is 15.9. The van der Waals surface area contributed by atoms with Crippen LogP contribution >= 0.6 is 15.9 Å². The second-order valence-electron chi connectivity index (χ2n) is 6.45. The second kappa shape index (κ2) is 8.03. The fourth-order valence-electron chi connectivity index (χ4n) is 2.76. The monoisotopic (exact) mass is 463 g/mol. The van der Waals surface area contributed by atoms with Gasteiger partial charge in [-0.25, -0.2) is 14.3 Å². The summed E-state index contributed by atoms with van der Waals surface area (Å²) in [7, 11) is 3.06. The maximum Gasteiger partial charge on any atom is 0.333 e. The predicted octanol–water partition coefficient (Wildman–Crippen LogP) is 0.687. The summed E-state index contributed by atoms with van der Waals surface area (Å²) in [5, 5.41) is 2.61. The molecule has 0 aliphatic rings. The van der Waals surface area contributed by atoms with Gasteiger partial charge in [0.2, 0.25) is 0 Å². The molecule has 1 aromatic carbocycles. The summed E-state index contributed by atoms with van der Waals surface area (Å²) in [6.07, 6.45) is 1.40. The van der Waals surface area contributed by atoms with Crippen LogP contribution in [0, 0.1) is 6.92 Å². The molecule has 0 saturated heterocycles. The maximum absolute atomic E-state index is 12.6. The van der Waals surface area contributed by atoms with Gasteiger partial charge in [0.05, 0.1) is 12.0 Å². The van der Waals surface area contributed by atoms with Gasteiger partial charge in [0, 0.05) is 18.6 Å². The average Bonchev–Trinajstić information content (AvgIpc) is 3.06. The molecule has 152 valence electrons. The molecular formula is C18H18BrN5O5. The zero-order valence-corrected chi connectivity index (χ0v) is 17.5. The van der Waals surface area contributed by atoms with Crippen LogP contribution in [0.3, 0.4) is 0 Å². The number of fused-ring (bicyclic) bond motifs is 1. The number of halogens is 1. The normalized spacial score (nSPS) is 10.9. The highest BCUT2D eigenvalue weighted by Crippen LogP contribution is 2.23. The Morgan fingerprint density at radius 2 is 1.97 bits per heavy atom. The van der Waals surface area contributed by atoms with Crippen LogP contribution in [0.1, 0.15) is 5.56 Å². The molecule has 0 unspecified atom stereocenters. The van der Waals surface area contributed by atoms with Crippen LogP contribution in [-0.2, 0) is 35.0 Å². The molecule has 11 heteroatoms. The Hall–Kier alpha value is -3.21. The third-order valence-corrected chi connectivity index (χ3v) is 4.91. The Bertz CT molecular complexity index is 1240. The highest BCUT2D eigenvalue weighted by Gasteiger charge is 2.18. The van der Waals surface area contributed by atoms with Gasteiger partial charge in [-0.3, -0.25) is 19.0 Å². The van der Waals surface area contributed by atoms with Crippen LogP contribution in [-0.4, -0.2) is 37.2 Å². The third kappa shape index (κ3) is 4.14. The number of esters is 1. The number of nitrogens with one attached hydrogen (secondary N) is 1. The molecule has 0 bridgehead atoms. The molecular weight excluding hydrogens is 446 g/mol. The number of aromatic nitrogens is 4. The molecule has 10 nitrogen and oxygen atoms in total. The van der Waals surface area contributed by atoms with Crippen LogP contribution < -0.4 is 16.6 Å². The van der Waals surface area contributed by atoms with Gasteiger partial charge in [-0.1, -0.05) is 6.07 Å². The minimum atomic E-state index is -0.885. The molecule has 0 saturated carbocycles. The molecule has 2 heterocycles. The van der Waals surface area contributed by atoms with E-state index in [1.165, 1.54) is 22.5 Å². The SMILES string of the molecule is Cc1ccc(NC(=O)COC(=O)Cn2c(=O)c3c(ncn3C)n(C)c2=O)c(Br)c1. The number of nitrogens with zero attached hydrogens (tertiary/aromatic N) is 4. The molecule has 0 radical (unpaired) electrons. The van der Waals surface area contributed by atoms with E-state index in [-0.39, 0.29) is 11.2 Å². The van der Waals surface area contributed by atoms with Crippen molar-refractivity contribution in [3.8, 4) is 0 Å². The van der Waals surface area contributed by atoms with Crippen molar-refractivity contribution in [2.45, 2.75) is 13.5 Å². The van der Waals surface area contributed by atoms with Crippen molar-refractivity contribution >= 4 is 44.7 Å². The lowest BCUT2D eigenvalue weighted by molar-refractivity contribution is -0.148. The van der Waals surface area contributed by atoms with Gasteiger partial charge < -0.3 is 14.6 Å². The summed E-state index contributed by atoms with van der Waals surface area (Å²) in [6, 6.07) is 5.37. The Labute approximate surface area is 172 Å². The number of benzene rings is 1. The van der Waals surface area contributed by atoms with E-state index in [4.69, 9.17) is 4.74 Å². The zero-order chi connectivity index (χ0) is 21.3. The fraction of sp³-hybridized carbons (Fsp3) is 0.278. The topological polar surface area (TPSA) is 117 Å². The van der Waals surface area contributed by atoms with E-state index in [1.807, 2.05) is 19.1 Å². The number of hydrogen-bond acceptors (Lipinski definition) is 6. The molecule has 1 amide bonds. The van der Waals surface area contributed by atoms with Crippen molar-refractivity contribution in [2.75, 3.05) is 11.9 Å². The van der Waals surface area contributed by atoms with E-state index in [0.29, 0.717) is 10.2 Å². The first-order valence-electron chi connectivity index (χ1n) is 8.51. The minimum absolute atomic E-state index is 0.182. The van der Waals surface area contributed by atoms with Crippen LogP contribution in [0.25, 0.3) is 11.2 Å². The van der Waals surface area contributed by atoms with Crippen LogP contribution in [0.4, 0.5) is 5.69 Å². The summed E-state index contributed by atoms with van der Waals surface area (Å²) in [5.41, 5.74) is 0.582. The summed E-state index contributed by atoms with van der Waals surface area (Å²) >= 11 is 3.34. The smallest absolute Gasteiger partial charge is 0.333 e. The van der Waals surface area contributed by atoms with Crippen molar-refractivity contribution in [1.82, 2.24) is 18.7 Å². The Kier molecular flexibility index (Phi) is 5.69. The minimum Gasteiger partial charge on any atom is -0.454 e. The van der Waals surface area contributed by atoms with Gasteiger partial charge >= 0.3 is 11.7 Å². The Morgan fingerprint density at radius 1 is 1.24 bits per heavy atom. The summed E-state index contributed by atoms with van der Waals surface area (Å²) in [4.78, 5) is 53.1. The quantitative estimate of drug-likeness (QED) is 0.556. The molecule has 1 N–H and O–H groups in total. The summed E-state index contributed by atoms with van der Waals surface area (Å²) in [6.45, 7) is 0.740. The molecule has 0 aliphatic carbocycles. The number of hydrogen-bond donors (Lipinski definition) is 1. The van der Waals surface area contributed by atoms with Crippen molar-refractivity contribution in [3.05, 3.63) is 55.4 Å². The molecule has 2 aromatic heterocycles. The number of ether oxygens (including phenoxy) is 1. The number of carbonyl (C=O) groups excluding carboxylic acids is 2. The lowest BCUT2D eigenvalue weighted by atomic mass is 10.2. The molecule has 0 fully saturated rings. The number of aryl methyl sites for hydroxylation is 3. The summed E-state index contributed by atoms with van der Waals surface area (Å²) in [5.74, 6) is -1.44. The van der Waals surface area contributed by atoms with E-state index in [0.717, 1.165) is 10.1 Å². The van der Waals surface area contributed by atoms with E-state index >= 15 is 0 Å². The van der Waals surface area contributed by atoms with Crippen molar-refractivity contribution in [2.24, 2.45) is 14.1 Å². The van der Waals surface area contributed by atoms with E-state index in [9.17, 15) is 19.2 Å². The lowest BCUT2D eigenvalue weighted by Crippen LogP contribution is -2.41. The fourth-order valence-corrected chi connectivity index (χ4v) is 3.36. The Balaban J connectivity index is 1.70. The number of amides is 1. The molecule has 0 spiro atoms. The van der Waals surface area contributed by atoms with Crippen LogP contribution in [0.5, 0.6) is 0 Å². The third-order valence-electron chi connectivity index (χ3n) is 4.25. The van der Waals surface area contributed by atoms with Crippen molar-refractivity contribution in [1.29, 1.82) is 0 Å². The standard InChI is InChI=1S/C18H18BrN5O5/c1-10-4-5-12(11(19)6-10)21-13(25)8-29-14(26)7-24-17(27)15-16(20-9-22(15)2)23(3)18(24)28/h4-6,9H,7-8H2,1-3H3,(H,21,25). The first kappa shape index (κ1) is 20.5. The van der Waals surface area contributed by atoms with Gasteiger partial charge in [-0.2, -0.15) is 0 Å². The van der Waals surface area contributed by atoms with Crippen LogP contribution in [0.2, 0.25) is 0 Å². The van der Waals surface area contributed by atoms with Crippen LogP contribution in [0.15, 0.2) is 38.6 Å². The first-order chi connectivity index (χ1) is 13.7.